The third-order valence-electron chi connectivity index (χ3n) is 2.31. The summed E-state index contributed by atoms with van der Waals surface area (Å²) in [7, 11) is 1.71. The number of methoxy groups -OCH3 is 1. The van der Waals surface area contributed by atoms with Crippen LogP contribution in [0.15, 0.2) is 0 Å². The van der Waals surface area contributed by atoms with E-state index < -0.39 is 0 Å². The lowest BCUT2D eigenvalue weighted by Gasteiger charge is -2.25. The Kier molecular flexibility index (Phi) is 10.3. The topological polar surface area (TPSA) is 47.7 Å². The van der Waals surface area contributed by atoms with Gasteiger partial charge in [-0.3, -0.25) is 4.90 Å². The Morgan fingerprint density at radius 2 is 1.87 bits per heavy atom. The minimum Gasteiger partial charge on any atom is -0.385 e. The van der Waals surface area contributed by atoms with Crippen LogP contribution >= 0.6 is 0 Å². The average molecular weight is 218 g/mol. The first-order chi connectivity index (χ1) is 7.22. The Bertz CT molecular complexity index is 132. The van der Waals surface area contributed by atoms with Gasteiger partial charge in [0.15, 0.2) is 0 Å². The van der Waals surface area contributed by atoms with Crippen LogP contribution in [0.25, 0.3) is 0 Å². The Hall–Kier alpha value is -0.160. The molecule has 92 valence electrons. The van der Waals surface area contributed by atoms with E-state index in [0.717, 1.165) is 39.3 Å². The Balaban J connectivity index is 3.37. The molecule has 0 saturated carbocycles. The lowest BCUT2D eigenvalue weighted by molar-refractivity contribution is 0.0772. The molecular weight excluding hydrogens is 192 g/mol. The molecule has 0 amide bonds. The van der Waals surface area contributed by atoms with Gasteiger partial charge in [-0.25, -0.2) is 0 Å². The fraction of sp³-hybridized carbons (Fsp3) is 1.00. The van der Waals surface area contributed by atoms with Crippen molar-refractivity contribution in [2.75, 3.05) is 46.6 Å². The zero-order chi connectivity index (χ0) is 11.5. The van der Waals surface area contributed by atoms with E-state index in [1.807, 2.05) is 0 Å². The molecule has 0 spiro atoms. The highest BCUT2D eigenvalue weighted by Crippen LogP contribution is 1.96. The molecule has 0 aromatic heterocycles. The molecule has 0 rings (SSSR count). The number of nitrogens with two attached hydrogens (primary N) is 1. The van der Waals surface area contributed by atoms with Gasteiger partial charge in [-0.2, -0.15) is 0 Å². The highest BCUT2D eigenvalue weighted by atomic mass is 16.5. The number of hydrogen-bond acceptors (Lipinski definition) is 4. The fourth-order valence-electron chi connectivity index (χ4n) is 1.38. The van der Waals surface area contributed by atoms with Crippen molar-refractivity contribution in [2.45, 2.75) is 26.3 Å². The monoisotopic (exact) mass is 218 g/mol. The summed E-state index contributed by atoms with van der Waals surface area (Å²) < 4.78 is 10.4. The molecule has 4 heteroatoms. The summed E-state index contributed by atoms with van der Waals surface area (Å²) in [6.07, 6.45) is 0.967. The molecule has 0 aromatic carbocycles. The van der Waals surface area contributed by atoms with Crippen LogP contribution in [0.3, 0.4) is 0 Å². The molecule has 0 aliphatic rings. The van der Waals surface area contributed by atoms with Crippen molar-refractivity contribution in [3.63, 3.8) is 0 Å². The van der Waals surface area contributed by atoms with Crippen molar-refractivity contribution < 1.29 is 9.47 Å². The number of nitrogens with zero attached hydrogens (tertiary/aromatic N) is 1. The van der Waals surface area contributed by atoms with Gasteiger partial charge in [0.05, 0.1) is 6.61 Å². The average Bonchev–Trinajstić information content (AvgIpc) is 2.21. The lowest BCUT2D eigenvalue weighted by atomic mass is 10.3. The molecule has 0 saturated heterocycles. The molecule has 0 unspecified atom stereocenters. The SMILES string of the molecule is COCCCOCCN(CCN)C(C)C. The molecule has 0 aliphatic carbocycles. The van der Waals surface area contributed by atoms with Gasteiger partial charge in [-0.15, -0.1) is 0 Å². The molecule has 0 fully saturated rings. The standard InChI is InChI=1S/C11H26N2O2/c1-11(2)13(6-5-12)7-10-15-9-4-8-14-3/h11H,4-10,12H2,1-3H3. The van der Waals surface area contributed by atoms with Crippen LogP contribution in [0.5, 0.6) is 0 Å². The lowest BCUT2D eigenvalue weighted by Crippen LogP contribution is -2.37. The summed E-state index contributed by atoms with van der Waals surface area (Å²) in [5.74, 6) is 0. The van der Waals surface area contributed by atoms with Crippen molar-refractivity contribution in [3.05, 3.63) is 0 Å². The molecule has 0 atom stereocenters. The summed E-state index contributed by atoms with van der Waals surface area (Å²) >= 11 is 0. The largest absolute Gasteiger partial charge is 0.385 e. The van der Waals surface area contributed by atoms with E-state index in [-0.39, 0.29) is 0 Å². The van der Waals surface area contributed by atoms with Crippen LogP contribution in [-0.2, 0) is 9.47 Å². The second-order valence-corrected chi connectivity index (χ2v) is 3.88. The van der Waals surface area contributed by atoms with Gasteiger partial charge in [0.2, 0.25) is 0 Å². The van der Waals surface area contributed by atoms with E-state index in [4.69, 9.17) is 15.2 Å². The van der Waals surface area contributed by atoms with Crippen molar-refractivity contribution in [2.24, 2.45) is 5.73 Å². The van der Waals surface area contributed by atoms with Crippen molar-refractivity contribution in [1.29, 1.82) is 0 Å². The third-order valence-corrected chi connectivity index (χ3v) is 2.31. The first-order valence-electron chi connectivity index (χ1n) is 5.73. The Labute approximate surface area is 93.7 Å². The first-order valence-corrected chi connectivity index (χ1v) is 5.73. The van der Waals surface area contributed by atoms with Gasteiger partial charge in [-0.1, -0.05) is 0 Å². The predicted octanol–water partition coefficient (Wildman–Crippen LogP) is 0.709. The minimum absolute atomic E-state index is 0.538. The number of hydrogen-bond donors (Lipinski definition) is 1. The molecule has 0 aromatic rings. The molecule has 0 bridgehead atoms. The maximum absolute atomic E-state index is 5.54. The van der Waals surface area contributed by atoms with E-state index in [1.165, 1.54) is 0 Å². The Morgan fingerprint density at radius 3 is 2.40 bits per heavy atom. The van der Waals surface area contributed by atoms with Gasteiger partial charge in [0.25, 0.3) is 0 Å². The van der Waals surface area contributed by atoms with E-state index in [2.05, 4.69) is 18.7 Å². The highest BCUT2D eigenvalue weighted by Gasteiger charge is 2.07. The van der Waals surface area contributed by atoms with E-state index >= 15 is 0 Å². The van der Waals surface area contributed by atoms with Crippen LogP contribution in [0.2, 0.25) is 0 Å². The van der Waals surface area contributed by atoms with Crippen molar-refractivity contribution in [3.8, 4) is 0 Å². The minimum atomic E-state index is 0.538. The van der Waals surface area contributed by atoms with Crippen LogP contribution in [0.4, 0.5) is 0 Å². The van der Waals surface area contributed by atoms with Crippen molar-refractivity contribution in [1.82, 2.24) is 4.90 Å². The highest BCUT2D eigenvalue weighted by molar-refractivity contribution is 4.62. The van der Waals surface area contributed by atoms with Gasteiger partial charge >= 0.3 is 0 Å². The van der Waals surface area contributed by atoms with E-state index in [0.29, 0.717) is 12.6 Å². The van der Waals surface area contributed by atoms with Gasteiger partial charge in [0, 0.05) is 46.0 Å². The van der Waals surface area contributed by atoms with Crippen LogP contribution in [-0.4, -0.2) is 57.5 Å². The molecule has 0 aliphatic heterocycles. The van der Waals surface area contributed by atoms with Gasteiger partial charge in [-0.05, 0) is 20.3 Å². The van der Waals surface area contributed by atoms with Crippen LogP contribution in [0, 0.1) is 0 Å². The summed E-state index contributed by atoms with van der Waals surface area (Å²) in [6, 6.07) is 0.538. The molecule has 0 radical (unpaired) electrons. The van der Waals surface area contributed by atoms with E-state index in [1.54, 1.807) is 7.11 Å². The molecule has 15 heavy (non-hydrogen) atoms. The van der Waals surface area contributed by atoms with Gasteiger partial charge < -0.3 is 15.2 Å². The van der Waals surface area contributed by atoms with E-state index in [9.17, 15) is 0 Å². The first kappa shape index (κ1) is 14.8. The molecule has 0 heterocycles. The normalized spacial score (nSPS) is 11.6. The van der Waals surface area contributed by atoms with Gasteiger partial charge in [0.1, 0.15) is 0 Å². The summed E-state index contributed by atoms with van der Waals surface area (Å²) in [4.78, 5) is 2.33. The third kappa shape index (κ3) is 8.81. The Morgan fingerprint density at radius 1 is 1.13 bits per heavy atom. The zero-order valence-corrected chi connectivity index (χ0v) is 10.4. The van der Waals surface area contributed by atoms with Crippen molar-refractivity contribution >= 4 is 0 Å². The molecular formula is C11H26N2O2. The molecule has 2 N–H and O–H groups in total. The summed E-state index contributed by atoms with van der Waals surface area (Å²) in [5.41, 5.74) is 5.54. The summed E-state index contributed by atoms with van der Waals surface area (Å²) in [6.45, 7) is 9.31. The summed E-state index contributed by atoms with van der Waals surface area (Å²) in [5, 5.41) is 0. The fourth-order valence-corrected chi connectivity index (χ4v) is 1.38. The van der Waals surface area contributed by atoms with Crippen LogP contribution in [0.1, 0.15) is 20.3 Å². The van der Waals surface area contributed by atoms with Crippen LogP contribution < -0.4 is 5.73 Å². The quantitative estimate of drug-likeness (QED) is 0.549. The molecule has 4 nitrogen and oxygen atoms in total. The predicted molar refractivity (Wildman–Crippen MR) is 63.1 cm³/mol. The smallest absolute Gasteiger partial charge is 0.0593 e. The maximum Gasteiger partial charge on any atom is 0.0593 e. The number of rotatable bonds is 10. The number of ether oxygens (including phenoxy) is 2. The second kappa shape index (κ2) is 10.4. The zero-order valence-electron chi connectivity index (χ0n) is 10.4. The second-order valence-electron chi connectivity index (χ2n) is 3.88. The maximum atomic E-state index is 5.54.